The van der Waals surface area contributed by atoms with E-state index in [1.807, 2.05) is 0 Å². The molecule has 20 heavy (non-hydrogen) atoms. The van der Waals surface area contributed by atoms with Gasteiger partial charge in [0, 0.05) is 0 Å². The lowest BCUT2D eigenvalue weighted by atomic mass is 9.79. The predicted octanol–water partition coefficient (Wildman–Crippen LogP) is 2.75. The van der Waals surface area contributed by atoms with Crippen LogP contribution in [0.15, 0.2) is 29.2 Å². The van der Waals surface area contributed by atoms with Crippen molar-refractivity contribution < 1.29 is 8.42 Å². The van der Waals surface area contributed by atoms with E-state index in [0.29, 0.717) is 24.3 Å². The molecule has 1 fully saturated rings. The highest BCUT2D eigenvalue weighted by atomic mass is 32.2. The molecular formula is C15H20N2O2S. The molecule has 0 aliphatic heterocycles. The van der Waals surface area contributed by atoms with E-state index in [1.165, 1.54) is 0 Å². The van der Waals surface area contributed by atoms with Crippen LogP contribution in [0.2, 0.25) is 0 Å². The van der Waals surface area contributed by atoms with E-state index in [2.05, 4.69) is 17.7 Å². The summed E-state index contributed by atoms with van der Waals surface area (Å²) < 4.78 is 27.7. The summed E-state index contributed by atoms with van der Waals surface area (Å²) >= 11 is 0. The monoisotopic (exact) mass is 292 g/mol. The molecule has 108 valence electrons. The van der Waals surface area contributed by atoms with E-state index in [4.69, 9.17) is 0 Å². The van der Waals surface area contributed by atoms with Crippen molar-refractivity contribution in [1.82, 2.24) is 4.72 Å². The van der Waals surface area contributed by atoms with Crippen molar-refractivity contribution in [2.24, 2.45) is 5.92 Å². The lowest BCUT2D eigenvalue weighted by Crippen LogP contribution is -2.49. The zero-order valence-electron chi connectivity index (χ0n) is 11.9. The highest BCUT2D eigenvalue weighted by molar-refractivity contribution is 7.89. The Morgan fingerprint density at radius 3 is 2.45 bits per heavy atom. The Hall–Kier alpha value is -1.38. The Balaban J connectivity index is 2.28. The Kier molecular flexibility index (Phi) is 4.17. The maximum absolute atomic E-state index is 12.5. The van der Waals surface area contributed by atoms with Gasteiger partial charge in [-0.15, -0.1) is 0 Å². The van der Waals surface area contributed by atoms with Gasteiger partial charge in [-0.25, -0.2) is 8.42 Å². The van der Waals surface area contributed by atoms with Crippen molar-refractivity contribution in [2.75, 3.05) is 0 Å². The molecule has 0 saturated heterocycles. The number of nitrogens with zero attached hydrogens (tertiary/aromatic N) is 1. The maximum atomic E-state index is 12.5. The van der Waals surface area contributed by atoms with Gasteiger partial charge in [-0.2, -0.15) is 9.98 Å². The van der Waals surface area contributed by atoms with Gasteiger partial charge in [-0.05, 0) is 50.2 Å². The van der Waals surface area contributed by atoms with Gasteiger partial charge in [0.15, 0.2) is 0 Å². The van der Waals surface area contributed by atoms with Gasteiger partial charge < -0.3 is 0 Å². The molecule has 0 amide bonds. The molecule has 0 heterocycles. The first-order chi connectivity index (χ1) is 9.38. The fourth-order valence-corrected chi connectivity index (χ4v) is 4.29. The Morgan fingerprint density at radius 2 is 1.90 bits per heavy atom. The molecule has 1 aromatic rings. The first kappa shape index (κ1) is 15.0. The third-order valence-electron chi connectivity index (χ3n) is 4.05. The fourth-order valence-electron chi connectivity index (χ4n) is 2.66. The van der Waals surface area contributed by atoms with Crippen molar-refractivity contribution in [3.63, 3.8) is 0 Å². The number of hydrogen-bond acceptors (Lipinski definition) is 3. The van der Waals surface area contributed by atoms with Gasteiger partial charge in [0.2, 0.25) is 10.0 Å². The molecule has 0 bridgehead atoms. The minimum Gasteiger partial charge on any atom is -0.207 e. The van der Waals surface area contributed by atoms with E-state index < -0.39 is 15.6 Å². The van der Waals surface area contributed by atoms with Crippen LogP contribution in [0.3, 0.4) is 0 Å². The zero-order valence-corrected chi connectivity index (χ0v) is 12.7. The summed E-state index contributed by atoms with van der Waals surface area (Å²) in [5.74, 6) is 0.555. The largest absolute Gasteiger partial charge is 0.242 e. The van der Waals surface area contributed by atoms with Gasteiger partial charge in [-0.3, -0.25) is 0 Å². The van der Waals surface area contributed by atoms with Crippen LogP contribution in [0.25, 0.3) is 0 Å². The smallest absolute Gasteiger partial charge is 0.207 e. The molecule has 1 aromatic carbocycles. The number of hydrogen-bond donors (Lipinski definition) is 1. The minimum absolute atomic E-state index is 0.258. The molecule has 0 aromatic heterocycles. The van der Waals surface area contributed by atoms with Crippen molar-refractivity contribution in [3.8, 4) is 6.07 Å². The highest BCUT2D eigenvalue weighted by Crippen LogP contribution is 2.33. The lowest BCUT2D eigenvalue weighted by Gasteiger charge is -2.34. The summed E-state index contributed by atoms with van der Waals surface area (Å²) in [5, 5.41) is 9.43. The van der Waals surface area contributed by atoms with Crippen molar-refractivity contribution in [2.45, 2.75) is 50.0 Å². The average molecular weight is 292 g/mol. The summed E-state index contributed by atoms with van der Waals surface area (Å²) in [6.45, 7) is 3.90. The summed E-state index contributed by atoms with van der Waals surface area (Å²) in [7, 11) is -3.65. The topological polar surface area (TPSA) is 70.0 Å². The molecule has 1 saturated carbocycles. The number of nitrogens with one attached hydrogen (secondary N) is 1. The van der Waals surface area contributed by atoms with Crippen LogP contribution < -0.4 is 4.72 Å². The van der Waals surface area contributed by atoms with Crippen LogP contribution in [0.5, 0.6) is 0 Å². The van der Waals surface area contributed by atoms with Crippen molar-refractivity contribution in [3.05, 3.63) is 29.8 Å². The van der Waals surface area contributed by atoms with E-state index in [-0.39, 0.29) is 4.90 Å². The molecule has 4 nitrogen and oxygen atoms in total. The summed E-state index contributed by atoms with van der Waals surface area (Å²) in [6.07, 6.45) is 2.92. The fraction of sp³-hybridized carbons (Fsp3) is 0.533. The molecule has 5 heteroatoms. The molecule has 0 spiro atoms. The maximum Gasteiger partial charge on any atom is 0.242 e. The quantitative estimate of drug-likeness (QED) is 0.931. The first-order valence-corrected chi connectivity index (χ1v) is 8.38. The van der Waals surface area contributed by atoms with Crippen LogP contribution >= 0.6 is 0 Å². The standard InChI is InChI=1S/C15H20N2O2S/c1-12-7-9-15(11-16,10-8-12)17-20(18,19)14-6-4-3-5-13(14)2/h3-6,12,17H,7-10H2,1-2H3. The highest BCUT2D eigenvalue weighted by Gasteiger charge is 2.38. The SMILES string of the molecule is Cc1ccccc1S(=O)(=O)NC1(C#N)CCC(C)CC1. The first-order valence-electron chi connectivity index (χ1n) is 6.89. The molecule has 0 unspecified atom stereocenters. The van der Waals surface area contributed by atoms with Crippen LogP contribution in [0, 0.1) is 24.2 Å². The van der Waals surface area contributed by atoms with Crippen LogP contribution in [-0.2, 0) is 10.0 Å². The molecule has 1 aliphatic carbocycles. The van der Waals surface area contributed by atoms with E-state index in [0.717, 1.165) is 12.8 Å². The summed E-state index contributed by atoms with van der Waals surface area (Å²) in [6, 6.07) is 9.03. The molecular weight excluding hydrogens is 272 g/mol. The second-order valence-corrected chi connectivity index (χ2v) is 7.40. The Morgan fingerprint density at radius 1 is 1.30 bits per heavy atom. The number of aryl methyl sites for hydroxylation is 1. The third kappa shape index (κ3) is 3.02. The van der Waals surface area contributed by atoms with Gasteiger partial charge in [0.25, 0.3) is 0 Å². The van der Waals surface area contributed by atoms with Gasteiger partial charge in [0.05, 0.1) is 11.0 Å². The van der Waals surface area contributed by atoms with E-state index in [1.54, 1.807) is 31.2 Å². The lowest BCUT2D eigenvalue weighted by molar-refractivity contribution is 0.278. The molecule has 0 radical (unpaired) electrons. The van der Waals surface area contributed by atoms with Crippen LogP contribution in [-0.4, -0.2) is 14.0 Å². The average Bonchev–Trinajstić information content (AvgIpc) is 2.42. The number of rotatable bonds is 3. The second-order valence-electron chi connectivity index (χ2n) is 5.75. The number of sulfonamides is 1. The molecule has 2 rings (SSSR count). The minimum atomic E-state index is -3.65. The Bertz CT molecular complexity index is 624. The summed E-state index contributed by atoms with van der Waals surface area (Å²) in [4.78, 5) is 0.258. The van der Waals surface area contributed by atoms with Crippen LogP contribution in [0.1, 0.15) is 38.2 Å². The predicted molar refractivity (Wildman–Crippen MR) is 77.5 cm³/mol. The molecule has 1 aliphatic rings. The van der Waals surface area contributed by atoms with Gasteiger partial charge in [-0.1, -0.05) is 25.1 Å². The third-order valence-corrected chi connectivity index (χ3v) is 5.75. The number of nitriles is 1. The number of benzene rings is 1. The van der Waals surface area contributed by atoms with Gasteiger partial charge >= 0.3 is 0 Å². The molecule has 1 N–H and O–H groups in total. The van der Waals surface area contributed by atoms with E-state index in [9.17, 15) is 13.7 Å². The van der Waals surface area contributed by atoms with Crippen molar-refractivity contribution >= 4 is 10.0 Å². The van der Waals surface area contributed by atoms with E-state index >= 15 is 0 Å². The second kappa shape index (κ2) is 5.55. The normalized spacial score (nSPS) is 26.9. The van der Waals surface area contributed by atoms with Gasteiger partial charge in [0.1, 0.15) is 5.54 Å². The molecule has 0 atom stereocenters. The van der Waals surface area contributed by atoms with Crippen LogP contribution in [0.4, 0.5) is 0 Å². The summed E-state index contributed by atoms with van der Waals surface area (Å²) in [5.41, 5.74) is -0.259. The van der Waals surface area contributed by atoms with Crippen molar-refractivity contribution in [1.29, 1.82) is 5.26 Å². The Labute approximate surface area is 120 Å². The zero-order chi connectivity index (χ0) is 14.8.